The molecule has 0 radical (unpaired) electrons. The quantitative estimate of drug-likeness (QED) is 0.900. The summed E-state index contributed by atoms with van der Waals surface area (Å²) in [5.41, 5.74) is 1.19. The number of carbonyl (C=O) groups excluding carboxylic acids is 2. The summed E-state index contributed by atoms with van der Waals surface area (Å²) < 4.78 is 0. The molecule has 0 unspecified atom stereocenters. The standard InChI is InChI=1S/C17H19N3O4/c21-15-9-8-13(16(22)19-10-4-7-14(19)17(23)24)18-20(15)11-12-5-2-1-3-6-12/h1-3,5-6,14H,4,7-11H2,(H,23,24)/t14-/m0/s1. The SMILES string of the molecule is O=C(O)[C@@H]1CCCN1C(=O)C1=NN(Cc2ccccc2)C(=O)CC1. The van der Waals surface area contributed by atoms with Crippen LogP contribution in [0.1, 0.15) is 31.2 Å². The summed E-state index contributed by atoms with van der Waals surface area (Å²) in [6, 6.07) is 8.63. The number of carboxylic acids is 1. The van der Waals surface area contributed by atoms with Gasteiger partial charge in [-0.3, -0.25) is 9.59 Å². The molecule has 1 N–H and O–H groups in total. The van der Waals surface area contributed by atoms with Gasteiger partial charge in [0.2, 0.25) is 5.91 Å². The molecule has 0 bridgehead atoms. The van der Waals surface area contributed by atoms with Crippen molar-refractivity contribution < 1.29 is 19.5 Å². The van der Waals surface area contributed by atoms with Gasteiger partial charge in [0.25, 0.3) is 5.91 Å². The fraction of sp³-hybridized carbons (Fsp3) is 0.412. The van der Waals surface area contributed by atoms with Gasteiger partial charge in [-0.2, -0.15) is 5.10 Å². The van der Waals surface area contributed by atoms with Crippen molar-refractivity contribution in [1.82, 2.24) is 9.91 Å². The molecule has 126 valence electrons. The third-order valence-corrected chi connectivity index (χ3v) is 4.33. The summed E-state index contributed by atoms with van der Waals surface area (Å²) in [4.78, 5) is 37.3. The predicted molar refractivity (Wildman–Crippen MR) is 86.0 cm³/mol. The topological polar surface area (TPSA) is 90.3 Å². The van der Waals surface area contributed by atoms with E-state index in [0.717, 1.165) is 5.56 Å². The molecule has 0 saturated carbocycles. The van der Waals surface area contributed by atoms with Crippen molar-refractivity contribution >= 4 is 23.5 Å². The molecule has 2 amide bonds. The lowest BCUT2D eigenvalue weighted by molar-refractivity contribution is -0.146. The van der Waals surface area contributed by atoms with Crippen molar-refractivity contribution in [3.8, 4) is 0 Å². The second kappa shape index (κ2) is 6.82. The van der Waals surface area contributed by atoms with Crippen LogP contribution in [0.5, 0.6) is 0 Å². The van der Waals surface area contributed by atoms with Crippen molar-refractivity contribution in [1.29, 1.82) is 0 Å². The average molecular weight is 329 g/mol. The van der Waals surface area contributed by atoms with Gasteiger partial charge < -0.3 is 10.0 Å². The maximum atomic E-state index is 12.6. The van der Waals surface area contributed by atoms with Gasteiger partial charge in [0.05, 0.1) is 6.54 Å². The Balaban J connectivity index is 1.77. The highest BCUT2D eigenvalue weighted by molar-refractivity contribution is 6.39. The maximum absolute atomic E-state index is 12.6. The average Bonchev–Trinajstić information content (AvgIpc) is 3.07. The second-order valence-electron chi connectivity index (χ2n) is 5.98. The highest BCUT2D eigenvalue weighted by Gasteiger charge is 2.37. The first-order chi connectivity index (χ1) is 11.6. The first-order valence-corrected chi connectivity index (χ1v) is 8.02. The van der Waals surface area contributed by atoms with E-state index in [1.54, 1.807) is 0 Å². The molecule has 2 heterocycles. The van der Waals surface area contributed by atoms with Crippen LogP contribution < -0.4 is 0 Å². The summed E-state index contributed by atoms with van der Waals surface area (Å²) in [5.74, 6) is -1.49. The number of likely N-dealkylation sites (tertiary alicyclic amines) is 1. The van der Waals surface area contributed by atoms with Crippen LogP contribution in [0.4, 0.5) is 0 Å². The van der Waals surface area contributed by atoms with Crippen LogP contribution in [0.3, 0.4) is 0 Å². The Hall–Kier alpha value is -2.70. The van der Waals surface area contributed by atoms with E-state index in [1.165, 1.54) is 9.91 Å². The Labute approximate surface area is 139 Å². The van der Waals surface area contributed by atoms with Crippen LogP contribution in [-0.4, -0.2) is 51.1 Å². The molecule has 1 aromatic rings. The Kier molecular flexibility index (Phi) is 4.59. The fourth-order valence-corrected chi connectivity index (χ4v) is 3.07. The smallest absolute Gasteiger partial charge is 0.326 e. The van der Waals surface area contributed by atoms with E-state index in [4.69, 9.17) is 0 Å². The number of carbonyl (C=O) groups is 3. The first-order valence-electron chi connectivity index (χ1n) is 8.02. The van der Waals surface area contributed by atoms with E-state index in [9.17, 15) is 19.5 Å². The Morgan fingerprint density at radius 3 is 2.67 bits per heavy atom. The lowest BCUT2D eigenvalue weighted by Crippen LogP contribution is -2.46. The third-order valence-electron chi connectivity index (χ3n) is 4.33. The van der Waals surface area contributed by atoms with Gasteiger partial charge in [0.15, 0.2) is 0 Å². The van der Waals surface area contributed by atoms with Gasteiger partial charge >= 0.3 is 5.97 Å². The molecule has 0 spiro atoms. The summed E-state index contributed by atoms with van der Waals surface area (Å²) in [5, 5.41) is 14.7. The van der Waals surface area contributed by atoms with Gasteiger partial charge in [0, 0.05) is 19.4 Å². The fourth-order valence-electron chi connectivity index (χ4n) is 3.07. The molecule has 1 fully saturated rings. The monoisotopic (exact) mass is 329 g/mol. The van der Waals surface area contributed by atoms with Gasteiger partial charge in [0.1, 0.15) is 11.8 Å². The molecule has 2 aliphatic heterocycles. The molecular formula is C17H19N3O4. The number of rotatable bonds is 4. The van der Waals surface area contributed by atoms with Crippen LogP contribution in [0.25, 0.3) is 0 Å². The van der Waals surface area contributed by atoms with Gasteiger partial charge in [-0.05, 0) is 18.4 Å². The molecular weight excluding hydrogens is 310 g/mol. The number of hydrazone groups is 1. The Morgan fingerprint density at radius 2 is 1.96 bits per heavy atom. The number of carboxylic acid groups (broad SMARTS) is 1. The van der Waals surface area contributed by atoms with E-state index in [-0.39, 0.29) is 30.4 Å². The molecule has 1 saturated heterocycles. The van der Waals surface area contributed by atoms with E-state index in [0.29, 0.717) is 25.9 Å². The zero-order valence-corrected chi connectivity index (χ0v) is 13.2. The summed E-state index contributed by atoms with van der Waals surface area (Å²) in [6.07, 6.45) is 1.60. The molecule has 2 aliphatic rings. The number of benzene rings is 1. The Bertz CT molecular complexity index is 686. The van der Waals surface area contributed by atoms with Crippen LogP contribution in [0, 0.1) is 0 Å². The molecule has 7 heteroatoms. The van der Waals surface area contributed by atoms with Crippen molar-refractivity contribution in [3.05, 3.63) is 35.9 Å². The van der Waals surface area contributed by atoms with Crippen LogP contribution in [-0.2, 0) is 20.9 Å². The summed E-state index contributed by atoms with van der Waals surface area (Å²) >= 11 is 0. The predicted octanol–water partition coefficient (Wildman–Crippen LogP) is 1.24. The molecule has 3 rings (SSSR count). The van der Waals surface area contributed by atoms with E-state index in [2.05, 4.69) is 5.10 Å². The van der Waals surface area contributed by atoms with Gasteiger partial charge in [-0.15, -0.1) is 0 Å². The molecule has 0 aromatic heterocycles. The van der Waals surface area contributed by atoms with Crippen LogP contribution in [0.2, 0.25) is 0 Å². The zero-order valence-electron chi connectivity index (χ0n) is 13.2. The lowest BCUT2D eigenvalue weighted by Gasteiger charge is -2.27. The largest absolute Gasteiger partial charge is 0.480 e. The van der Waals surface area contributed by atoms with Crippen LogP contribution >= 0.6 is 0 Å². The second-order valence-corrected chi connectivity index (χ2v) is 5.98. The van der Waals surface area contributed by atoms with Gasteiger partial charge in [-0.25, -0.2) is 9.80 Å². The first kappa shape index (κ1) is 16.2. The molecule has 0 aliphatic carbocycles. The zero-order chi connectivity index (χ0) is 17.1. The molecule has 7 nitrogen and oxygen atoms in total. The number of nitrogens with zero attached hydrogens (tertiary/aromatic N) is 3. The summed E-state index contributed by atoms with van der Waals surface area (Å²) in [7, 11) is 0. The number of hydrogen-bond acceptors (Lipinski definition) is 4. The highest BCUT2D eigenvalue weighted by Crippen LogP contribution is 2.21. The van der Waals surface area contributed by atoms with Crippen molar-refractivity contribution in [2.75, 3.05) is 6.54 Å². The van der Waals surface area contributed by atoms with E-state index < -0.39 is 12.0 Å². The van der Waals surface area contributed by atoms with E-state index in [1.807, 2.05) is 30.3 Å². The minimum Gasteiger partial charge on any atom is -0.480 e. The minimum absolute atomic E-state index is 0.133. The lowest BCUT2D eigenvalue weighted by atomic mass is 10.1. The normalized spacial score (nSPS) is 20.9. The number of amides is 2. The summed E-state index contributed by atoms with van der Waals surface area (Å²) in [6.45, 7) is 0.722. The van der Waals surface area contributed by atoms with Crippen molar-refractivity contribution in [3.63, 3.8) is 0 Å². The van der Waals surface area contributed by atoms with Crippen LogP contribution in [0.15, 0.2) is 35.4 Å². The van der Waals surface area contributed by atoms with E-state index >= 15 is 0 Å². The van der Waals surface area contributed by atoms with Gasteiger partial charge in [-0.1, -0.05) is 30.3 Å². The molecule has 24 heavy (non-hydrogen) atoms. The Morgan fingerprint density at radius 1 is 1.21 bits per heavy atom. The number of aliphatic carboxylic acids is 1. The minimum atomic E-state index is -0.991. The van der Waals surface area contributed by atoms with Crippen molar-refractivity contribution in [2.45, 2.75) is 38.3 Å². The molecule has 1 aromatic carbocycles. The van der Waals surface area contributed by atoms with Crippen molar-refractivity contribution in [2.24, 2.45) is 5.10 Å². The maximum Gasteiger partial charge on any atom is 0.326 e. The highest BCUT2D eigenvalue weighted by atomic mass is 16.4. The third kappa shape index (κ3) is 3.29. The number of hydrogen-bond donors (Lipinski definition) is 1. The molecule has 1 atom stereocenters.